The summed E-state index contributed by atoms with van der Waals surface area (Å²) in [6, 6.07) is 5.03. The first-order valence-corrected chi connectivity index (χ1v) is 6.17. The van der Waals surface area contributed by atoms with E-state index in [4.69, 9.17) is 10.8 Å². The SMILES string of the molecule is CCNC(=O)c1ccc(N)c(NC(CC)CO)c1. The summed E-state index contributed by atoms with van der Waals surface area (Å²) in [5.74, 6) is -0.127. The Kier molecular flexibility index (Phi) is 5.45. The normalized spacial score (nSPS) is 11.9. The fourth-order valence-corrected chi connectivity index (χ4v) is 1.58. The highest BCUT2D eigenvalue weighted by Crippen LogP contribution is 2.21. The molecule has 1 atom stereocenters. The molecule has 100 valence electrons. The van der Waals surface area contributed by atoms with E-state index in [-0.39, 0.29) is 18.6 Å². The Hall–Kier alpha value is -1.75. The Morgan fingerprint density at radius 1 is 1.44 bits per heavy atom. The summed E-state index contributed by atoms with van der Waals surface area (Å²) in [6.07, 6.45) is 0.779. The molecular weight excluding hydrogens is 230 g/mol. The summed E-state index contributed by atoms with van der Waals surface area (Å²) >= 11 is 0. The molecule has 0 heterocycles. The smallest absolute Gasteiger partial charge is 0.251 e. The second kappa shape index (κ2) is 6.86. The van der Waals surface area contributed by atoms with Crippen LogP contribution < -0.4 is 16.4 Å². The molecular formula is C13H21N3O2. The predicted octanol–water partition coefficient (Wildman–Crippen LogP) is 1.20. The first-order valence-electron chi connectivity index (χ1n) is 6.17. The van der Waals surface area contributed by atoms with Crippen molar-refractivity contribution in [1.29, 1.82) is 0 Å². The van der Waals surface area contributed by atoms with Crippen molar-refractivity contribution < 1.29 is 9.90 Å². The summed E-state index contributed by atoms with van der Waals surface area (Å²) in [7, 11) is 0. The highest BCUT2D eigenvalue weighted by Gasteiger charge is 2.10. The van der Waals surface area contributed by atoms with Gasteiger partial charge in [-0.1, -0.05) is 6.92 Å². The number of nitrogens with two attached hydrogens (primary N) is 1. The van der Waals surface area contributed by atoms with Crippen molar-refractivity contribution in [3.63, 3.8) is 0 Å². The molecule has 0 spiro atoms. The molecule has 5 N–H and O–H groups in total. The number of carbonyl (C=O) groups is 1. The second-order valence-corrected chi connectivity index (χ2v) is 4.09. The van der Waals surface area contributed by atoms with Gasteiger partial charge in [-0.3, -0.25) is 4.79 Å². The van der Waals surface area contributed by atoms with Crippen LogP contribution in [-0.4, -0.2) is 30.2 Å². The lowest BCUT2D eigenvalue weighted by molar-refractivity contribution is 0.0956. The van der Waals surface area contributed by atoms with Crippen molar-refractivity contribution in [1.82, 2.24) is 5.32 Å². The maximum Gasteiger partial charge on any atom is 0.251 e. The molecule has 0 saturated heterocycles. The number of rotatable bonds is 6. The molecule has 0 bridgehead atoms. The van der Waals surface area contributed by atoms with Crippen molar-refractivity contribution in [3.05, 3.63) is 23.8 Å². The molecule has 0 aromatic heterocycles. The second-order valence-electron chi connectivity index (χ2n) is 4.09. The Morgan fingerprint density at radius 3 is 2.72 bits per heavy atom. The van der Waals surface area contributed by atoms with Crippen molar-refractivity contribution in [2.24, 2.45) is 0 Å². The topological polar surface area (TPSA) is 87.4 Å². The fraction of sp³-hybridized carbons (Fsp3) is 0.462. The maximum absolute atomic E-state index is 11.7. The van der Waals surface area contributed by atoms with Gasteiger partial charge in [0.2, 0.25) is 0 Å². The Balaban J connectivity index is 2.90. The van der Waals surface area contributed by atoms with E-state index in [1.807, 2.05) is 13.8 Å². The van der Waals surface area contributed by atoms with E-state index in [2.05, 4.69) is 10.6 Å². The van der Waals surface area contributed by atoms with Crippen LogP contribution >= 0.6 is 0 Å². The van der Waals surface area contributed by atoms with Crippen LogP contribution in [0, 0.1) is 0 Å². The average molecular weight is 251 g/mol. The van der Waals surface area contributed by atoms with Crippen LogP contribution in [0.1, 0.15) is 30.6 Å². The lowest BCUT2D eigenvalue weighted by atomic mass is 10.1. The number of amides is 1. The molecule has 0 aliphatic rings. The van der Waals surface area contributed by atoms with Gasteiger partial charge >= 0.3 is 0 Å². The van der Waals surface area contributed by atoms with E-state index in [9.17, 15) is 4.79 Å². The third-order valence-corrected chi connectivity index (χ3v) is 2.73. The largest absolute Gasteiger partial charge is 0.397 e. The number of anilines is 2. The number of aliphatic hydroxyl groups is 1. The minimum atomic E-state index is -0.127. The molecule has 1 rings (SSSR count). The van der Waals surface area contributed by atoms with Gasteiger partial charge in [0.25, 0.3) is 5.91 Å². The number of aliphatic hydroxyl groups excluding tert-OH is 1. The summed E-state index contributed by atoms with van der Waals surface area (Å²) in [4.78, 5) is 11.7. The molecule has 1 unspecified atom stereocenters. The van der Waals surface area contributed by atoms with E-state index >= 15 is 0 Å². The molecule has 0 radical (unpaired) electrons. The van der Waals surface area contributed by atoms with E-state index in [1.54, 1.807) is 18.2 Å². The first-order chi connectivity index (χ1) is 8.62. The van der Waals surface area contributed by atoms with Gasteiger partial charge in [-0.25, -0.2) is 0 Å². The molecule has 1 aromatic carbocycles. The van der Waals surface area contributed by atoms with Gasteiger partial charge in [0, 0.05) is 18.2 Å². The van der Waals surface area contributed by atoms with E-state index in [0.29, 0.717) is 23.5 Å². The Bertz CT molecular complexity index is 403. The minimum Gasteiger partial charge on any atom is -0.397 e. The van der Waals surface area contributed by atoms with Gasteiger partial charge in [-0.15, -0.1) is 0 Å². The zero-order chi connectivity index (χ0) is 13.5. The molecule has 5 nitrogen and oxygen atoms in total. The van der Waals surface area contributed by atoms with Crippen LogP contribution in [0.3, 0.4) is 0 Å². The van der Waals surface area contributed by atoms with Crippen LogP contribution in [0.4, 0.5) is 11.4 Å². The van der Waals surface area contributed by atoms with Gasteiger partial charge in [-0.2, -0.15) is 0 Å². The van der Waals surface area contributed by atoms with E-state index in [1.165, 1.54) is 0 Å². The molecule has 0 aliphatic heterocycles. The third kappa shape index (κ3) is 3.63. The quantitative estimate of drug-likeness (QED) is 0.572. The zero-order valence-electron chi connectivity index (χ0n) is 10.9. The average Bonchev–Trinajstić information content (AvgIpc) is 2.38. The number of nitrogen functional groups attached to an aromatic ring is 1. The maximum atomic E-state index is 11.7. The Morgan fingerprint density at radius 2 is 2.17 bits per heavy atom. The van der Waals surface area contributed by atoms with Crippen LogP contribution in [-0.2, 0) is 0 Å². The fourth-order valence-electron chi connectivity index (χ4n) is 1.58. The Labute approximate surface area is 107 Å². The van der Waals surface area contributed by atoms with Gasteiger partial charge in [0.15, 0.2) is 0 Å². The van der Waals surface area contributed by atoms with Crippen molar-refractivity contribution >= 4 is 17.3 Å². The van der Waals surface area contributed by atoms with Crippen LogP contribution in [0.25, 0.3) is 0 Å². The van der Waals surface area contributed by atoms with Crippen LogP contribution in [0.5, 0.6) is 0 Å². The van der Waals surface area contributed by atoms with Crippen molar-refractivity contribution in [2.75, 3.05) is 24.2 Å². The number of nitrogens with one attached hydrogen (secondary N) is 2. The third-order valence-electron chi connectivity index (χ3n) is 2.73. The van der Waals surface area contributed by atoms with E-state index < -0.39 is 0 Å². The number of hydrogen-bond acceptors (Lipinski definition) is 4. The summed E-state index contributed by atoms with van der Waals surface area (Å²) in [5.41, 5.74) is 7.65. The number of hydrogen-bond donors (Lipinski definition) is 4. The van der Waals surface area contributed by atoms with Crippen molar-refractivity contribution in [2.45, 2.75) is 26.3 Å². The summed E-state index contributed by atoms with van der Waals surface area (Å²) in [6.45, 7) is 4.45. The zero-order valence-corrected chi connectivity index (χ0v) is 10.9. The predicted molar refractivity (Wildman–Crippen MR) is 73.6 cm³/mol. The number of benzene rings is 1. The first kappa shape index (κ1) is 14.3. The molecule has 18 heavy (non-hydrogen) atoms. The molecule has 1 aromatic rings. The van der Waals surface area contributed by atoms with Gasteiger partial charge < -0.3 is 21.5 Å². The molecule has 5 heteroatoms. The van der Waals surface area contributed by atoms with Crippen molar-refractivity contribution in [3.8, 4) is 0 Å². The molecule has 0 saturated carbocycles. The van der Waals surface area contributed by atoms with Crippen LogP contribution in [0.15, 0.2) is 18.2 Å². The standard InChI is InChI=1S/C13H21N3O2/c1-3-10(8-17)16-12-7-9(5-6-11(12)14)13(18)15-4-2/h5-7,10,16-17H,3-4,8,14H2,1-2H3,(H,15,18). The van der Waals surface area contributed by atoms with Gasteiger partial charge in [0.05, 0.1) is 18.0 Å². The van der Waals surface area contributed by atoms with E-state index in [0.717, 1.165) is 6.42 Å². The highest BCUT2D eigenvalue weighted by atomic mass is 16.3. The molecule has 0 aliphatic carbocycles. The highest BCUT2D eigenvalue weighted by molar-refractivity contribution is 5.96. The van der Waals surface area contributed by atoms with Crippen LogP contribution in [0.2, 0.25) is 0 Å². The summed E-state index contributed by atoms with van der Waals surface area (Å²) < 4.78 is 0. The number of carbonyl (C=O) groups excluding carboxylic acids is 1. The molecule has 1 amide bonds. The van der Waals surface area contributed by atoms with Gasteiger partial charge in [-0.05, 0) is 31.5 Å². The lowest BCUT2D eigenvalue weighted by Gasteiger charge is -2.17. The lowest BCUT2D eigenvalue weighted by Crippen LogP contribution is -2.25. The van der Waals surface area contributed by atoms with Gasteiger partial charge in [0.1, 0.15) is 0 Å². The monoisotopic (exact) mass is 251 g/mol. The minimum absolute atomic E-state index is 0.0291. The summed E-state index contributed by atoms with van der Waals surface area (Å²) in [5, 5.41) is 15.0. The molecule has 0 fully saturated rings.